The Morgan fingerprint density at radius 3 is 1.52 bits per heavy atom. The lowest BCUT2D eigenvalue weighted by atomic mass is 10.0. The summed E-state index contributed by atoms with van der Waals surface area (Å²) >= 11 is 0. The molecule has 0 rings (SSSR count). The van der Waals surface area contributed by atoms with Crippen molar-refractivity contribution in [2.75, 3.05) is 6.54 Å². The van der Waals surface area contributed by atoms with E-state index in [1.54, 1.807) is 0 Å². The summed E-state index contributed by atoms with van der Waals surface area (Å²) in [5, 5.41) is 11.9. The molecule has 4 N–H and O–H groups in total. The van der Waals surface area contributed by atoms with Gasteiger partial charge in [-0.2, -0.15) is 0 Å². The van der Waals surface area contributed by atoms with Gasteiger partial charge in [0.1, 0.15) is 12.1 Å². The summed E-state index contributed by atoms with van der Waals surface area (Å²) in [6.07, 6.45) is 41.1. The predicted molar refractivity (Wildman–Crippen MR) is 211 cm³/mol. The van der Waals surface area contributed by atoms with Crippen molar-refractivity contribution < 1.29 is 24.2 Å². The number of unbranched alkanes of at least 4 members (excludes halogenated alkanes) is 23. The average Bonchev–Trinajstić information content (AvgIpc) is 3.10. The molecule has 0 saturated carbocycles. The number of allylic oxidation sites excluding steroid dienone is 2. The predicted octanol–water partition coefficient (Wildman–Crippen LogP) is 11.9. The molecule has 1 amide bonds. The Balaban J connectivity index is 4.35. The zero-order valence-electron chi connectivity index (χ0n) is 33.0. The molecule has 7 heteroatoms. The average molecular weight is 707 g/mol. The lowest BCUT2D eigenvalue weighted by Crippen LogP contribution is -2.40. The Kier molecular flexibility index (Phi) is 36.9. The van der Waals surface area contributed by atoms with E-state index in [1.165, 1.54) is 116 Å². The van der Waals surface area contributed by atoms with Gasteiger partial charge in [0.25, 0.3) is 0 Å². The van der Waals surface area contributed by atoms with Gasteiger partial charge >= 0.3 is 11.9 Å². The van der Waals surface area contributed by atoms with Crippen molar-refractivity contribution in [2.45, 2.75) is 238 Å². The van der Waals surface area contributed by atoms with Gasteiger partial charge in [-0.25, -0.2) is 4.79 Å². The number of rotatable bonds is 39. The van der Waals surface area contributed by atoms with Crippen molar-refractivity contribution in [1.82, 2.24) is 5.32 Å². The minimum atomic E-state index is -1.00. The molecule has 0 radical (unpaired) electrons. The van der Waals surface area contributed by atoms with E-state index in [9.17, 15) is 19.5 Å². The minimum Gasteiger partial charge on any atom is -0.480 e. The van der Waals surface area contributed by atoms with Crippen molar-refractivity contribution in [2.24, 2.45) is 5.73 Å². The van der Waals surface area contributed by atoms with Crippen LogP contribution in [0.4, 0.5) is 0 Å². The highest BCUT2D eigenvalue weighted by Gasteiger charge is 2.19. The number of hydrogen-bond donors (Lipinski definition) is 3. The summed E-state index contributed by atoms with van der Waals surface area (Å²) in [5.74, 6) is -1.24. The number of aliphatic carboxylic acids is 1. The molecule has 0 heterocycles. The number of carbonyl (C=O) groups is 3. The monoisotopic (exact) mass is 707 g/mol. The van der Waals surface area contributed by atoms with E-state index in [4.69, 9.17) is 10.5 Å². The van der Waals surface area contributed by atoms with E-state index >= 15 is 0 Å². The molecule has 0 bridgehead atoms. The Morgan fingerprint density at radius 2 is 1.00 bits per heavy atom. The van der Waals surface area contributed by atoms with E-state index in [2.05, 4.69) is 31.3 Å². The van der Waals surface area contributed by atoms with Gasteiger partial charge in [-0.1, -0.05) is 154 Å². The van der Waals surface area contributed by atoms with Gasteiger partial charge in [-0.3, -0.25) is 9.59 Å². The van der Waals surface area contributed by atoms with Crippen LogP contribution < -0.4 is 11.1 Å². The second-order valence-corrected chi connectivity index (χ2v) is 14.8. The molecule has 0 fully saturated rings. The molecule has 0 aromatic heterocycles. The van der Waals surface area contributed by atoms with Gasteiger partial charge in [0, 0.05) is 12.8 Å². The number of nitrogens with two attached hydrogens (primary N) is 1. The molecule has 0 aliphatic heterocycles. The van der Waals surface area contributed by atoms with E-state index < -0.39 is 12.0 Å². The number of nitrogens with one attached hydrogen (secondary N) is 1. The normalized spacial score (nSPS) is 12.7. The third-order valence-corrected chi connectivity index (χ3v) is 9.83. The maximum atomic E-state index is 12.7. The van der Waals surface area contributed by atoms with Crippen molar-refractivity contribution in [3.63, 3.8) is 0 Å². The van der Waals surface area contributed by atoms with Crippen molar-refractivity contribution in [3.8, 4) is 0 Å². The van der Waals surface area contributed by atoms with E-state index in [1.807, 2.05) is 0 Å². The Hall–Kier alpha value is -1.89. The molecule has 294 valence electrons. The number of carboxylic acids is 1. The van der Waals surface area contributed by atoms with Crippen LogP contribution in [0.25, 0.3) is 0 Å². The zero-order valence-corrected chi connectivity index (χ0v) is 33.0. The maximum absolute atomic E-state index is 12.7. The second kappa shape index (κ2) is 38.3. The van der Waals surface area contributed by atoms with Crippen LogP contribution in [0.3, 0.4) is 0 Å². The van der Waals surface area contributed by atoms with Gasteiger partial charge < -0.3 is 20.9 Å². The fraction of sp³-hybridized carbons (Fsp3) is 0.884. The number of ether oxygens (including phenoxy) is 1. The number of esters is 1. The first-order valence-corrected chi connectivity index (χ1v) is 21.5. The topological polar surface area (TPSA) is 119 Å². The van der Waals surface area contributed by atoms with Gasteiger partial charge in [0.05, 0.1) is 0 Å². The molecule has 0 aliphatic rings. The van der Waals surface area contributed by atoms with Crippen LogP contribution in [0.15, 0.2) is 12.2 Å². The number of carbonyl (C=O) groups excluding carboxylic acids is 2. The fourth-order valence-corrected chi connectivity index (χ4v) is 6.57. The molecular weight excluding hydrogens is 624 g/mol. The van der Waals surface area contributed by atoms with Crippen LogP contribution >= 0.6 is 0 Å². The van der Waals surface area contributed by atoms with Gasteiger partial charge in [-0.05, 0) is 77.2 Å². The Bertz CT molecular complexity index is 802. The third kappa shape index (κ3) is 34.6. The first kappa shape index (κ1) is 48.1. The van der Waals surface area contributed by atoms with Gasteiger partial charge in [0.2, 0.25) is 5.91 Å². The van der Waals surface area contributed by atoms with Crippen molar-refractivity contribution in [3.05, 3.63) is 12.2 Å². The minimum absolute atomic E-state index is 0.0106. The fourth-order valence-electron chi connectivity index (χ4n) is 6.57. The Morgan fingerprint density at radius 1 is 0.560 bits per heavy atom. The third-order valence-electron chi connectivity index (χ3n) is 9.83. The number of amides is 1. The summed E-state index contributed by atoms with van der Waals surface area (Å²) in [6, 6.07) is -0.856. The summed E-state index contributed by atoms with van der Waals surface area (Å²) in [5.41, 5.74) is 5.48. The zero-order chi connectivity index (χ0) is 36.8. The maximum Gasteiger partial charge on any atom is 0.326 e. The van der Waals surface area contributed by atoms with E-state index in [0.717, 1.165) is 70.6 Å². The molecular formula is C43H82N2O5. The molecule has 7 nitrogen and oxygen atoms in total. The lowest BCUT2D eigenvalue weighted by Gasteiger charge is -2.18. The summed E-state index contributed by atoms with van der Waals surface area (Å²) in [4.78, 5) is 36.3. The summed E-state index contributed by atoms with van der Waals surface area (Å²) in [6.45, 7) is 4.94. The molecule has 0 aromatic carbocycles. The van der Waals surface area contributed by atoms with Crippen LogP contribution in [0, 0.1) is 0 Å². The van der Waals surface area contributed by atoms with Crippen LogP contribution in [0.2, 0.25) is 0 Å². The smallest absolute Gasteiger partial charge is 0.326 e. The summed E-state index contributed by atoms with van der Waals surface area (Å²) in [7, 11) is 0. The lowest BCUT2D eigenvalue weighted by molar-refractivity contribution is -0.150. The number of hydrogen-bond acceptors (Lipinski definition) is 5. The first-order chi connectivity index (χ1) is 24.4. The van der Waals surface area contributed by atoms with Crippen molar-refractivity contribution in [1.29, 1.82) is 0 Å². The molecule has 0 aliphatic carbocycles. The van der Waals surface area contributed by atoms with Crippen LogP contribution in [-0.2, 0) is 19.1 Å². The molecule has 0 spiro atoms. The van der Waals surface area contributed by atoms with Gasteiger partial charge in [0.15, 0.2) is 0 Å². The van der Waals surface area contributed by atoms with E-state index in [-0.39, 0.29) is 18.0 Å². The largest absolute Gasteiger partial charge is 0.480 e. The highest BCUT2D eigenvalue weighted by atomic mass is 16.5. The Labute approximate surface area is 309 Å². The highest BCUT2D eigenvalue weighted by Crippen LogP contribution is 2.18. The SMILES string of the molecule is CCCCCCCCCC/C=C\CCCC(CCCCCCCC(=O)NC(CCCN)C(=O)O)OC(=O)CCCCCCCCCCCCC. The highest BCUT2D eigenvalue weighted by molar-refractivity contribution is 5.83. The van der Waals surface area contributed by atoms with Crippen LogP contribution in [0.5, 0.6) is 0 Å². The number of carboxylic acid groups (broad SMARTS) is 1. The molecule has 50 heavy (non-hydrogen) atoms. The first-order valence-electron chi connectivity index (χ1n) is 21.5. The van der Waals surface area contributed by atoms with Crippen molar-refractivity contribution >= 4 is 17.8 Å². The van der Waals surface area contributed by atoms with E-state index in [0.29, 0.717) is 32.2 Å². The molecule has 0 saturated heterocycles. The second-order valence-electron chi connectivity index (χ2n) is 14.8. The van der Waals surface area contributed by atoms with Gasteiger partial charge in [-0.15, -0.1) is 0 Å². The standard InChI is InChI=1S/C43H82N2O5/c1-3-5-7-9-11-13-15-16-18-19-21-24-28-33-39(50-42(47)37-31-27-22-20-17-14-12-10-8-6-4-2)34-29-25-23-26-30-36-41(46)45-40(43(48)49)35-32-38-44/h19,21,39-40H,3-18,20,22-38,44H2,1-2H3,(H,45,46)(H,48,49)/b21-19-. The molecule has 0 aromatic rings. The molecule has 2 unspecified atom stereocenters. The summed E-state index contributed by atoms with van der Waals surface area (Å²) < 4.78 is 6.02. The quantitative estimate of drug-likeness (QED) is 0.0332. The van der Waals surface area contributed by atoms with Crippen LogP contribution in [-0.4, -0.2) is 41.6 Å². The molecule has 2 atom stereocenters. The van der Waals surface area contributed by atoms with Crippen LogP contribution in [0.1, 0.15) is 226 Å².